The summed E-state index contributed by atoms with van der Waals surface area (Å²) in [7, 11) is 0. The first-order chi connectivity index (χ1) is 14.3. The Balaban J connectivity index is 1.96. The molecule has 0 bridgehead atoms. The maximum absolute atomic E-state index is 13.1. The Morgan fingerprint density at radius 2 is 1.80 bits per heavy atom. The van der Waals surface area contributed by atoms with Gasteiger partial charge in [-0.2, -0.15) is 0 Å². The zero-order valence-corrected chi connectivity index (χ0v) is 19.2. The summed E-state index contributed by atoms with van der Waals surface area (Å²) in [5.41, 5.74) is 2.93. The summed E-state index contributed by atoms with van der Waals surface area (Å²) in [5.74, 6) is 2.53. The number of anilines is 1. The first-order valence-electron chi connectivity index (χ1n) is 11.4. The molecule has 0 radical (unpaired) electrons. The number of carbonyl (C=O) groups is 1. The number of piperidine rings is 1. The van der Waals surface area contributed by atoms with Gasteiger partial charge in [0.1, 0.15) is 5.69 Å². The van der Waals surface area contributed by atoms with Crippen LogP contribution in [-0.2, 0) is 11.3 Å². The van der Waals surface area contributed by atoms with Gasteiger partial charge in [0.05, 0.1) is 12.1 Å². The van der Waals surface area contributed by atoms with Gasteiger partial charge in [-0.15, -0.1) is 0 Å². The van der Waals surface area contributed by atoms with E-state index in [0.717, 1.165) is 61.1 Å². The number of amides is 1. The largest absolute Gasteiger partial charge is 0.340 e. The first-order valence-corrected chi connectivity index (χ1v) is 11.4. The Bertz CT molecular complexity index is 805. The van der Waals surface area contributed by atoms with E-state index in [9.17, 15) is 4.79 Å². The Morgan fingerprint density at radius 1 is 1.13 bits per heavy atom. The highest BCUT2D eigenvalue weighted by atomic mass is 16.5. The lowest BCUT2D eigenvalue weighted by Crippen LogP contribution is -2.36. The Hall–Kier alpha value is -2.30. The molecular formula is C25H37N3O2. The zero-order valence-electron chi connectivity index (χ0n) is 19.2. The molecule has 0 N–H and O–H groups in total. The number of benzene rings is 1. The van der Waals surface area contributed by atoms with Crippen molar-refractivity contribution >= 4 is 11.8 Å². The second-order valence-corrected chi connectivity index (χ2v) is 9.62. The molecule has 0 saturated carbocycles. The molecule has 5 heteroatoms. The minimum Gasteiger partial charge on any atom is -0.340 e. The van der Waals surface area contributed by atoms with Gasteiger partial charge in [0.25, 0.3) is 0 Å². The van der Waals surface area contributed by atoms with Gasteiger partial charge in [-0.25, -0.2) is 0 Å². The SMILES string of the molecule is CC(C)CC(=O)N(Cc1c(-c2ccccc2)noc1N1CCC(C)CC1)CC(C)C. The second-order valence-electron chi connectivity index (χ2n) is 9.62. The van der Waals surface area contributed by atoms with Crippen LogP contribution in [0.1, 0.15) is 59.4 Å². The highest BCUT2D eigenvalue weighted by molar-refractivity contribution is 5.77. The van der Waals surface area contributed by atoms with Gasteiger partial charge in [0.2, 0.25) is 11.8 Å². The minimum atomic E-state index is 0.206. The fraction of sp³-hybridized carbons (Fsp3) is 0.600. The number of nitrogens with zero attached hydrogens (tertiary/aromatic N) is 3. The Kier molecular flexibility index (Phi) is 7.57. The molecule has 0 atom stereocenters. The molecular weight excluding hydrogens is 374 g/mol. The summed E-state index contributed by atoms with van der Waals surface area (Å²) in [6, 6.07) is 10.2. The van der Waals surface area contributed by atoms with Crippen molar-refractivity contribution in [1.82, 2.24) is 10.1 Å². The summed E-state index contributed by atoms with van der Waals surface area (Å²) < 4.78 is 5.93. The molecule has 164 valence electrons. The maximum atomic E-state index is 13.1. The standard InChI is InChI=1S/C25H37N3O2/c1-18(2)15-23(29)28(16-19(3)4)17-22-24(21-9-7-6-8-10-21)26-30-25(22)27-13-11-20(5)12-14-27/h6-10,18-20H,11-17H2,1-5H3. The molecule has 1 aromatic carbocycles. The summed E-state index contributed by atoms with van der Waals surface area (Å²) in [4.78, 5) is 17.4. The molecule has 2 aromatic rings. The maximum Gasteiger partial charge on any atom is 0.232 e. The van der Waals surface area contributed by atoms with Gasteiger partial charge < -0.3 is 14.3 Å². The predicted octanol–water partition coefficient (Wildman–Crippen LogP) is 5.61. The fourth-order valence-electron chi connectivity index (χ4n) is 4.09. The van der Waals surface area contributed by atoms with Crippen LogP contribution >= 0.6 is 0 Å². The molecule has 0 unspecified atom stereocenters. The van der Waals surface area contributed by atoms with Crippen LogP contribution in [0.5, 0.6) is 0 Å². The lowest BCUT2D eigenvalue weighted by molar-refractivity contribution is -0.133. The molecule has 1 saturated heterocycles. The van der Waals surface area contributed by atoms with Crippen LogP contribution in [0, 0.1) is 17.8 Å². The van der Waals surface area contributed by atoms with Crippen molar-refractivity contribution in [2.24, 2.45) is 17.8 Å². The molecule has 1 aliphatic rings. The van der Waals surface area contributed by atoms with E-state index in [4.69, 9.17) is 4.52 Å². The van der Waals surface area contributed by atoms with Gasteiger partial charge in [-0.3, -0.25) is 4.79 Å². The van der Waals surface area contributed by atoms with Crippen LogP contribution in [0.3, 0.4) is 0 Å². The van der Waals surface area contributed by atoms with E-state index in [-0.39, 0.29) is 5.91 Å². The number of carbonyl (C=O) groups excluding carboxylic acids is 1. The minimum absolute atomic E-state index is 0.206. The average molecular weight is 412 g/mol. The van der Waals surface area contributed by atoms with E-state index in [1.165, 1.54) is 0 Å². The molecule has 5 nitrogen and oxygen atoms in total. The summed E-state index contributed by atoms with van der Waals surface area (Å²) in [5, 5.41) is 4.48. The quantitative estimate of drug-likeness (QED) is 0.567. The summed E-state index contributed by atoms with van der Waals surface area (Å²) in [6.07, 6.45) is 2.88. The highest BCUT2D eigenvalue weighted by Gasteiger charge is 2.28. The molecule has 1 amide bonds. The Labute approximate surface area is 181 Å². The van der Waals surface area contributed by atoms with E-state index >= 15 is 0 Å². The van der Waals surface area contributed by atoms with Crippen LogP contribution in [-0.4, -0.2) is 35.6 Å². The summed E-state index contributed by atoms with van der Waals surface area (Å²) >= 11 is 0. The van der Waals surface area contributed by atoms with Gasteiger partial charge >= 0.3 is 0 Å². The van der Waals surface area contributed by atoms with Crippen molar-refractivity contribution in [3.05, 3.63) is 35.9 Å². The van der Waals surface area contributed by atoms with Crippen molar-refractivity contribution in [3.8, 4) is 11.3 Å². The van der Waals surface area contributed by atoms with Gasteiger partial charge in [-0.1, -0.05) is 70.1 Å². The van der Waals surface area contributed by atoms with Crippen molar-refractivity contribution in [1.29, 1.82) is 0 Å². The lowest BCUT2D eigenvalue weighted by Gasteiger charge is -2.31. The van der Waals surface area contributed by atoms with Crippen LogP contribution in [0.15, 0.2) is 34.9 Å². The number of rotatable bonds is 8. The normalized spacial score (nSPS) is 15.2. The van der Waals surface area contributed by atoms with Crippen LogP contribution in [0.25, 0.3) is 11.3 Å². The highest BCUT2D eigenvalue weighted by Crippen LogP contribution is 2.34. The van der Waals surface area contributed by atoms with E-state index < -0.39 is 0 Å². The van der Waals surface area contributed by atoms with Crippen LogP contribution < -0.4 is 4.90 Å². The van der Waals surface area contributed by atoms with Gasteiger partial charge in [0.15, 0.2) is 0 Å². The molecule has 2 heterocycles. The lowest BCUT2D eigenvalue weighted by atomic mass is 9.98. The van der Waals surface area contributed by atoms with Crippen molar-refractivity contribution < 1.29 is 9.32 Å². The van der Waals surface area contributed by atoms with Crippen LogP contribution in [0.4, 0.5) is 5.88 Å². The monoisotopic (exact) mass is 411 g/mol. The third kappa shape index (κ3) is 5.65. The molecule has 3 rings (SSSR count). The molecule has 0 spiro atoms. The van der Waals surface area contributed by atoms with E-state index in [1.807, 2.05) is 23.1 Å². The Morgan fingerprint density at radius 3 is 2.40 bits per heavy atom. The van der Waals surface area contributed by atoms with E-state index in [0.29, 0.717) is 24.8 Å². The second kappa shape index (κ2) is 10.1. The summed E-state index contributed by atoms with van der Waals surface area (Å²) in [6.45, 7) is 14.1. The van der Waals surface area contributed by atoms with Gasteiger partial charge in [0, 0.05) is 31.6 Å². The molecule has 1 aliphatic heterocycles. The fourth-order valence-corrected chi connectivity index (χ4v) is 4.09. The van der Waals surface area contributed by atoms with Crippen molar-refractivity contribution in [2.45, 2.75) is 60.4 Å². The van der Waals surface area contributed by atoms with Crippen molar-refractivity contribution in [2.75, 3.05) is 24.5 Å². The molecule has 0 aliphatic carbocycles. The van der Waals surface area contributed by atoms with E-state index in [1.54, 1.807) is 0 Å². The third-order valence-electron chi connectivity index (χ3n) is 5.76. The van der Waals surface area contributed by atoms with E-state index in [2.05, 4.69) is 56.8 Å². The molecule has 1 aromatic heterocycles. The molecule has 1 fully saturated rings. The average Bonchev–Trinajstić information content (AvgIpc) is 3.11. The smallest absolute Gasteiger partial charge is 0.232 e. The number of hydrogen-bond acceptors (Lipinski definition) is 4. The third-order valence-corrected chi connectivity index (χ3v) is 5.76. The number of hydrogen-bond donors (Lipinski definition) is 0. The zero-order chi connectivity index (χ0) is 21.7. The van der Waals surface area contributed by atoms with Gasteiger partial charge in [-0.05, 0) is 30.6 Å². The first kappa shape index (κ1) is 22.4. The van der Waals surface area contributed by atoms with Crippen LogP contribution in [0.2, 0.25) is 0 Å². The number of aromatic nitrogens is 1. The topological polar surface area (TPSA) is 49.6 Å². The molecule has 30 heavy (non-hydrogen) atoms. The van der Waals surface area contributed by atoms with Crippen molar-refractivity contribution in [3.63, 3.8) is 0 Å². The predicted molar refractivity (Wildman–Crippen MR) is 122 cm³/mol.